The van der Waals surface area contributed by atoms with Crippen molar-refractivity contribution in [3.63, 3.8) is 0 Å². The van der Waals surface area contributed by atoms with Crippen LogP contribution in [0.25, 0.3) is 0 Å². The summed E-state index contributed by atoms with van der Waals surface area (Å²) in [4.78, 5) is 16.1. The topological polar surface area (TPSA) is 92.1 Å². The lowest BCUT2D eigenvalue weighted by atomic mass is 10.00. The van der Waals surface area contributed by atoms with Gasteiger partial charge in [-0.1, -0.05) is 0 Å². The van der Waals surface area contributed by atoms with Crippen LogP contribution >= 0.6 is 11.3 Å². The molecule has 0 aliphatic heterocycles. The summed E-state index contributed by atoms with van der Waals surface area (Å²) in [6.45, 7) is 4.21. The summed E-state index contributed by atoms with van der Waals surface area (Å²) in [7, 11) is 1.78. The first-order valence-electron chi connectivity index (χ1n) is 7.01. The number of aromatic nitrogens is 3. The molecule has 0 spiro atoms. The van der Waals surface area contributed by atoms with Crippen molar-refractivity contribution in [3.8, 4) is 0 Å². The Morgan fingerprint density at radius 3 is 2.86 bits per heavy atom. The van der Waals surface area contributed by atoms with Crippen LogP contribution in [-0.2, 0) is 19.1 Å². The Morgan fingerprint density at radius 1 is 1.50 bits per heavy atom. The molecule has 2 rings (SSSR count). The largest absolute Gasteiger partial charge is 0.383 e. The van der Waals surface area contributed by atoms with E-state index in [2.05, 4.69) is 20.7 Å². The van der Waals surface area contributed by atoms with E-state index in [9.17, 15) is 9.90 Å². The molecule has 0 saturated carbocycles. The van der Waals surface area contributed by atoms with Gasteiger partial charge in [0.2, 0.25) is 0 Å². The van der Waals surface area contributed by atoms with Gasteiger partial charge in [-0.25, -0.2) is 9.78 Å². The van der Waals surface area contributed by atoms with Gasteiger partial charge in [0.05, 0.1) is 23.4 Å². The van der Waals surface area contributed by atoms with Crippen LogP contribution in [0.2, 0.25) is 0 Å². The van der Waals surface area contributed by atoms with Crippen molar-refractivity contribution in [2.24, 2.45) is 7.05 Å². The standard InChI is InChI=1S/C14H21N5O2S/c1-10-18-12(8-22-10)4-5-15-13(20)16-9-14(2,21)11-6-17-19(3)7-11/h6-8,21H,4-5,9H2,1-3H3,(H2,15,16,20). The number of carbonyl (C=O) groups is 1. The van der Waals surface area contributed by atoms with Crippen LogP contribution in [0.4, 0.5) is 4.79 Å². The number of hydrogen-bond donors (Lipinski definition) is 3. The van der Waals surface area contributed by atoms with Crippen LogP contribution in [0, 0.1) is 6.92 Å². The molecule has 0 aromatic carbocycles. The van der Waals surface area contributed by atoms with Gasteiger partial charge in [0.25, 0.3) is 0 Å². The third kappa shape index (κ3) is 4.54. The predicted molar refractivity (Wildman–Crippen MR) is 84.7 cm³/mol. The number of aryl methyl sites for hydroxylation is 2. The fraction of sp³-hybridized carbons (Fsp3) is 0.500. The second kappa shape index (κ2) is 6.89. The molecule has 2 heterocycles. The van der Waals surface area contributed by atoms with Crippen molar-refractivity contribution in [3.05, 3.63) is 34.0 Å². The van der Waals surface area contributed by atoms with E-state index in [1.54, 1.807) is 42.4 Å². The number of aliphatic hydroxyl groups is 1. The number of rotatable bonds is 6. The molecule has 22 heavy (non-hydrogen) atoms. The molecule has 1 atom stereocenters. The van der Waals surface area contributed by atoms with E-state index in [-0.39, 0.29) is 12.6 Å². The first kappa shape index (κ1) is 16.4. The van der Waals surface area contributed by atoms with Crippen LogP contribution in [0.5, 0.6) is 0 Å². The van der Waals surface area contributed by atoms with Gasteiger partial charge in [0, 0.05) is 37.2 Å². The van der Waals surface area contributed by atoms with Crippen LogP contribution in [0.1, 0.15) is 23.2 Å². The number of amides is 2. The van der Waals surface area contributed by atoms with Gasteiger partial charge in [-0.05, 0) is 13.8 Å². The van der Waals surface area contributed by atoms with Gasteiger partial charge in [-0.2, -0.15) is 5.10 Å². The highest BCUT2D eigenvalue weighted by Crippen LogP contribution is 2.18. The van der Waals surface area contributed by atoms with Gasteiger partial charge < -0.3 is 15.7 Å². The Balaban J connectivity index is 1.73. The van der Waals surface area contributed by atoms with Gasteiger partial charge in [0.15, 0.2) is 0 Å². The van der Waals surface area contributed by atoms with Crippen molar-refractivity contribution in [2.75, 3.05) is 13.1 Å². The van der Waals surface area contributed by atoms with E-state index < -0.39 is 5.60 Å². The van der Waals surface area contributed by atoms with Crippen molar-refractivity contribution in [2.45, 2.75) is 25.9 Å². The van der Waals surface area contributed by atoms with Crippen molar-refractivity contribution < 1.29 is 9.90 Å². The minimum absolute atomic E-state index is 0.111. The molecule has 2 amide bonds. The molecule has 0 fully saturated rings. The Bertz CT molecular complexity index is 635. The Labute approximate surface area is 133 Å². The van der Waals surface area contributed by atoms with Gasteiger partial charge >= 0.3 is 6.03 Å². The first-order chi connectivity index (χ1) is 10.4. The SMILES string of the molecule is Cc1nc(CCNC(=O)NCC(C)(O)c2cnn(C)c2)cs1. The third-order valence-corrected chi connectivity index (χ3v) is 4.08. The number of nitrogens with zero attached hydrogens (tertiary/aromatic N) is 3. The predicted octanol–water partition coefficient (Wildman–Crippen LogP) is 0.934. The van der Waals surface area contributed by atoms with Crippen LogP contribution in [-0.4, -0.2) is 39.0 Å². The highest BCUT2D eigenvalue weighted by atomic mass is 32.1. The number of nitrogens with one attached hydrogen (secondary N) is 2. The van der Waals surface area contributed by atoms with Crippen LogP contribution in [0.3, 0.4) is 0 Å². The number of thiazole rings is 1. The maximum Gasteiger partial charge on any atom is 0.314 e. The Morgan fingerprint density at radius 2 is 2.27 bits per heavy atom. The fourth-order valence-electron chi connectivity index (χ4n) is 1.94. The highest BCUT2D eigenvalue weighted by Gasteiger charge is 2.25. The summed E-state index contributed by atoms with van der Waals surface area (Å²) in [5, 5.41) is 22.8. The summed E-state index contributed by atoms with van der Waals surface area (Å²) in [6, 6.07) is -0.309. The summed E-state index contributed by atoms with van der Waals surface area (Å²) in [5.41, 5.74) is 0.482. The number of urea groups is 1. The summed E-state index contributed by atoms with van der Waals surface area (Å²) in [5.74, 6) is 0. The first-order valence-corrected chi connectivity index (χ1v) is 7.89. The summed E-state index contributed by atoms with van der Waals surface area (Å²) < 4.78 is 1.61. The molecular weight excluding hydrogens is 302 g/mol. The molecular formula is C14H21N5O2S. The molecule has 2 aromatic rings. The van der Waals surface area contributed by atoms with Crippen molar-refractivity contribution >= 4 is 17.4 Å². The molecule has 3 N–H and O–H groups in total. The van der Waals surface area contributed by atoms with Crippen LogP contribution < -0.4 is 10.6 Å². The molecule has 8 heteroatoms. The van der Waals surface area contributed by atoms with Crippen molar-refractivity contribution in [1.29, 1.82) is 0 Å². The van der Waals surface area contributed by atoms with E-state index >= 15 is 0 Å². The molecule has 0 aliphatic rings. The zero-order valence-electron chi connectivity index (χ0n) is 13.0. The number of hydrogen-bond acceptors (Lipinski definition) is 5. The second-order valence-electron chi connectivity index (χ2n) is 5.39. The Kier molecular flexibility index (Phi) is 5.15. The lowest BCUT2D eigenvalue weighted by molar-refractivity contribution is 0.0593. The van der Waals surface area contributed by atoms with E-state index in [1.165, 1.54) is 0 Å². The smallest absolute Gasteiger partial charge is 0.314 e. The minimum Gasteiger partial charge on any atom is -0.383 e. The molecule has 7 nitrogen and oxygen atoms in total. The zero-order valence-corrected chi connectivity index (χ0v) is 13.8. The van der Waals surface area contributed by atoms with Crippen LogP contribution in [0.15, 0.2) is 17.8 Å². The molecule has 1 unspecified atom stereocenters. The molecule has 2 aromatic heterocycles. The van der Waals surface area contributed by atoms with Crippen molar-refractivity contribution in [1.82, 2.24) is 25.4 Å². The second-order valence-corrected chi connectivity index (χ2v) is 6.46. The average molecular weight is 323 g/mol. The van der Waals surface area contributed by atoms with Gasteiger partial charge in [-0.3, -0.25) is 4.68 Å². The van der Waals surface area contributed by atoms with Gasteiger partial charge in [0.1, 0.15) is 5.60 Å². The molecule has 0 saturated heterocycles. The van der Waals surface area contributed by atoms with Gasteiger partial charge in [-0.15, -0.1) is 11.3 Å². The minimum atomic E-state index is -1.16. The van der Waals surface area contributed by atoms with E-state index in [1.807, 2.05) is 12.3 Å². The lowest BCUT2D eigenvalue weighted by Gasteiger charge is -2.22. The molecule has 0 bridgehead atoms. The summed E-state index contributed by atoms with van der Waals surface area (Å²) >= 11 is 1.60. The lowest BCUT2D eigenvalue weighted by Crippen LogP contribution is -2.43. The maximum absolute atomic E-state index is 11.7. The zero-order chi connectivity index (χ0) is 16.2. The summed E-state index contributed by atoms with van der Waals surface area (Å²) in [6.07, 6.45) is 4.01. The molecule has 120 valence electrons. The monoisotopic (exact) mass is 323 g/mol. The fourth-order valence-corrected chi connectivity index (χ4v) is 2.59. The Hall–Kier alpha value is -1.93. The maximum atomic E-state index is 11.7. The number of carbonyl (C=O) groups excluding carboxylic acids is 1. The van der Waals surface area contributed by atoms with E-state index in [0.29, 0.717) is 18.5 Å². The molecule has 0 aliphatic carbocycles. The average Bonchev–Trinajstić information content (AvgIpc) is 3.06. The van der Waals surface area contributed by atoms with E-state index in [4.69, 9.17) is 0 Å². The van der Waals surface area contributed by atoms with E-state index in [0.717, 1.165) is 10.7 Å². The third-order valence-electron chi connectivity index (χ3n) is 3.25. The highest BCUT2D eigenvalue weighted by molar-refractivity contribution is 7.09. The quantitative estimate of drug-likeness (QED) is 0.737. The molecule has 0 radical (unpaired) electrons. The normalized spacial score (nSPS) is 13.6.